The predicted molar refractivity (Wildman–Crippen MR) is 72.6 cm³/mol. The standard InChI is InChI=1S/C12H18ClN3O/c1-4-15-12(17)7-16(3)11-6-9(13)10(14)5-8(11)2/h5-6H,4,7,14H2,1-3H3,(H,15,17). The first-order valence-corrected chi connectivity index (χ1v) is 5.87. The highest BCUT2D eigenvalue weighted by Gasteiger charge is 2.11. The van der Waals surface area contributed by atoms with E-state index in [0.29, 0.717) is 23.8 Å². The molecule has 0 atom stereocenters. The van der Waals surface area contributed by atoms with Crippen molar-refractivity contribution in [1.82, 2.24) is 5.32 Å². The highest BCUT2D eigenvalue weighted by molar-refractivity contribution is 6.33. The van der Waals surface area contributed by atoms with Crippen LogP contribution in [-0.2, 0) is 4.79 Å². The summed E-state index contributed by atoms with van der Waals surface area (Å²) in [6.07, 6.45) is 0. The second-order valence-electron chi connectivity index (χ2n) is 3.97. The second kappa shape index (κ2) is 5.77. The Kier molecular flexibility index (Phi) is 4.63. The monoisotopic (exact) mass is 255 g/mol. The molecule has 0 spiro atoms. The Morgan fingerprint density at radius 3 is 2.76 bits per heavy atom. The van der Waals surface area contributed by atoms with E-state index >= 15 is 0 Å². The van der Waals surface area contributed by atoms with Crippen molar-refractivity contribution < 1.29 is 4.79 Å². The van der Waals surface area contributed by atoms with Crippen LogP contribution < -0.4 is 16.0 Å². The Labute approximate surface area is 107 Å². The SMILES string of the molecule is CCNC(=O)CN(C)c1cc(Cl)c(N)cc1C. The maximum absolute atomic E-state index is 11.5. The topological polar surface area (TPSA) is 58.4 Å². The van der Waals surface area contributed by atoms with Gasteiger partial charge in [-0.2, -0.15) is 0 Å². The zero-order valence-electron chi connectivity index (χ0n) is 10.4. The zero-order chi connectivity index (χ0) is 13.0. The molecule has 4 nitrogen and oxygen atoms in total. The third kappa shape index (κ3) is 3.53. The maximum Gasteiger partial charge on any atom is 0.239 e. The number of rotatable bonds is 4. The molecule has 0 aromatic heterocycles. The Morgan fingerprint density at radius 1 is 1.53 bits per heavy atom. The van der Waals surface area contributed by atoms with E-state index in [9.17, 15) is 4.79 Å². The molecule has 0 aliphatic heterocycles. The molecule has 94 valence electrons. The third-order valence-corrected chi connectivity index (χ3v) is 2.81. The number of carbonyl (C=O) groups is 1. The summed E-state index contributed by atoms with van der Waals surface area (Å²) in [4.78, 5) is 13.3. The van der Waals surface area contributed by atoms with Gasteiger partial charge in [0.2, 0.25) is 5.91 Å². The largest absolute Gasteiger partial charge is 0.398 e. The molecule has 1 aromatic rings. The molecule has 0 bridgehead atoms. The number of halogens is 1. The predicted octanol–water partition coefficient (Wildman–Crippen LogP) is 1.80. The summed E-state index contributed by atoms with van der Waals surface area (Å²) in [6.45, 7) is 4.77. The summed E-state index contributed by atoms with van der Waals surface area (Å²) in [6, 6.07) is 3.59. The van der Waals surface area contributed by atoms with Crippen LogP contribution in [0.15, 0.2) is 12.1 Å². The Morgan fingerprint density at radius 2 is 2.18 bits per heavy atom. The number of hydrogen-bond acceptors (Lipinski definition) is 3. The first-order valence-electron chi connectivity index (χ1n) is 5.49. The highest BCUT2D eigenvalue weighted by atomic mass is 35.5. The van der Waals surface area contributed by atoms with Gasteiger partial charge >= 0.3 is 0 Å². The van der Waals surface area contributed by atoms with Gasteiger partial charge in [0.05, 0.1) is 17.3 Å². The average Bonchev–Trinajstić information content (AvgIpc) is 2.23. The van der Waals surface area contributed by atoms with Crippen molar-refractivity contribution in [2.75, 3.05) is 30.8 Å². The molecule has 3 N–H and O–H groups in total. The molecular weight excluding hydrogens is 238 g/mol. The molecule has 17 heavy (non-hydrogen) atoms. The van der Waals surface area contributed by atoms with E-state index in [0.717, 1.165) is 11.3 Å². The van der Waals surface area contributed by atoms with Crippen molar-refractivity contribution in [3.8, 4) is 0 Å². The van der Waals surface area contributed by atoms with Crippen molar-refractivity contribution in [1.29, 1.82) is 0 Å². The number of benzene rings is 1. The van der Waals surface area contributed by atoms with Crippen LogP contribution in [0, 0.1) is 6.92 Å². The van der Waals surface area contributed by atoms with Crippen LogP contribution in [0.4, 0.5) is 11.4 Å². The van der Waals surface area contributed by atoms with E-state index in [1.165, 1.54) is 0 Å². The Bertz CT molecular complexity index is 420. The van der Waals surface area contributed by atoms with Gasteiger partial charge in [-0.25, -0.2) is 0 Å². The van der Waals surface area contributed by atoms with Crippen LogP contribution in [0.2, 0.25) is 5.02 Å². The molecule has 1 amide bonds. The van der Waals surface area contributed by atoms with Gasteiger partial charge in [0.25, 0.3) is 0 Å². The molecule has 0 saturated carbocycles. The van der Waals surface area contributed by atoms with Crippen LogP contribution in [0.5, 0.6) is 0 Å². The van der Waals surface area contributed by atoms with E-state index < -0.39 is 0 Å². The van der Waals surface area contributed by atoms with Crippen molar-refractivity contribution in [2.24, 2.45) is 0 Å². The van der Waals surface area contributed by atoms with Crippen LogP contribution in [-0.4, -0.2) is 26.0 Å². The molecule has 0 radical (unpaired) electrons. The number of hydrogen-bond donors (Lipinski definition) is 2. The fourth-order valence-electron chi connectivity index (χ4n) is 1.66. The third-order valence-electron chi connectivity index (χ3n) is 2.48. The molecule has 1 rings (SSSR count). The van der Waals surface area contributed by atoms with Crippen LogP contribution in [0.1, 0.15) is 12.5 Å². The molecule has 0 aliphatic rings. The van der Waals surface area contributed by atoms with Crippen LogP contribution in [0.25, 0.3) is 0 Å². The number of nitrogens with two attached hydrogens (primary N) is 1. The first kappa shape index (κ1) is 13.6. The highest BCUT2D eigenvalue weighted by Crippen LogP contribution is 2.28. The number of carbonyl (C=O) groups excluding carboxylic acids is 1. The summed E-state index contributed by atoms with van der Waals surface area (Å²) in [5.41, 5.74) is 8.18. The summed E-state index contributed by atoms with van der Waals surface area (Å²) in [7, 11) is 1.85. The lowest BCUT2D eigenvalue weighted by Crippen LogP contribution is -2.35. The smallest absolute Gasteiger partial charge is 0.239 e. The fraction of sp³-hybridized carbons (Fsp3) is 0.417. The minimum absolute atomic E-state index is 0.0117. The summed E-state index contributed by atoms with van der Waals surface area (Å²) in [5, 5.41) is 3.26. The van der Waals surface area contributed by atoms with E-state index in [1.807, 2.05) is 31.9 Å². The molecule has 1 aromatic carbocycles. The van der Waals surface area contributed by atoms with Crippen LogP contribution >= 0.6 is 11.6 Å². The van der Waals surface area contributed by atoms with Gasteiger partial charge in [-0.1, -0.05) is 11.6 Å². The van der Waals surface area contributed by atoms with E-state index in [1.54, 1.807) is 6.07 Å². The zero-order valence-corrected chi connectivity index (χ0v) is 11.1. The quantitative estimate of drug-likeness (QED) is 0.807. The molecule has 0 heterocycles. The van der Waals surface area contributed by atoms with E-state index in [-0.39, 0.29) is 5.91 Å². The molecule has 0 saturated heterocycles. The average molecular weight is 256 g/mol. The Balaban J connectivity index is 2.85. The minimum atomic E-state index is -0.0117. The number of aryl methyl sites for hydroxylation is 1. The molecule has 5 heteroatoms. The van der Waals surface area contributed by atoms with Crippen molar-refractivity contribution in [3.63, 3.8) is 0 Å². The van der Waals surface area contributed by atoms with Crippen molar-refractivity contribution in [2.45, 2.75) is 13.8 Å². The number of nitrogens with one attached hydrogen (secondary N) is 1. The number of nitrogen functional groups attached to an aromatic ring is 1. The van der Waals surface area contributed by atoms with Crippen LogP contribution in [0.3, 0.4) is 0 Å². The first-order chi connectivity index (χ1) is 7.95. The van der Waals surface area contributed by atoms with Gasteiger partial charge in [0.15, 0.2) is 0 Å². The number of amides is 1. The van der Waals surface area contributed by atoms with Gasteiger partial charge in [0, 0.05) is 19.3 Å². The molecule has 0 unspecified atom stereocenters. The van der Waals surface area contributed by atoms with Gasteiger partial charge in [-0.3, -0.25) is 4.79 Å². The Hall–Kier alpha value is -1.42. The lowest BCUT2D eigenvalue weighted by atomic mass is 10.1. The van der Waals surface area contributed by atoms with E-state index in [4.69, 9.17) is 17.3 Å². The maximum atomic E-state index is 11.5. The number of nitrogens with zero attached hydrogens (tertiary/aromatic N) is 1. The molecule has 0 fully saturated rings. The summed E-state index contributed by atoms with van der Waals surface area (Å²) < 4.78 is 0. The second-order valence-corrected chi connectivity index (χ2v) is 4.38. The summed E-state index contributed by atoms with van der Waals surface area (Å²) >= 11 is 5.98. The number of anilines is 2. The normalized spacial score (nSPS) is 10.1. The van der Waals surface area contributed by atoms with Crippen molar-refractivity contribution in [3.05, 3.63) is 22.7 Å². The lowest BCUT2D eigenvalue weighted by molar-refractivity contribution is -0.119. The lowest BCUT2D eigenvalue weighted by Gasteiger charge is -2.21. The minimum Gasteiger partial charge on any atom is -0.398 e. The van der Waals surface area contributed by atoms with E-state index in [2.05, 4.69) is 5.32 Å². The number of likely N-dealkylation sites (N-methyl/N-ethyl adjacent to an activating group) is 2. The molecular formula is C12H18ClN3O. The van der Waals surface area contributed by atoms with Gasteiger partial charge in [-0.05, 0) is 31.5 Å². The van der Waals surface area contributed by atoms with Gasteiger partial charge in [-0.15, -0.1) is 0 Å². The van der Waals surface area contributed by atoms with Crippen molar-refractivity contribution >= 4 is 28.9 Å². The molecule has 0 aliphatic carbocycles. The van der Waals surface area contributed by atoms with Gasteiger partial charge in [0.1, 0.15) is 0 Å². The summed E-state index contributed by atoms with van der Waals surface area (Å²) in [5.74, 6) is -0.0117. The fourth-order valence-corrected chi connectivity index (χ4v) is 1.82. The van der Waals surface area contributed by atoms with Gasteiger partial charge < -0.3 is 16.0 Å².